The first-order valence-corrected chi connectivity index (χ1v) is 21.3. The van der Waals surface area contributed by atoms with Gasteiger partial charge in [-0.2, -0.15) is 0 Å². The number of hydrogen-bond acceptors (Lipinski definition) is 15. The largest absolute Gasteiger partial charge is 0.493 e. The fourth-order valence-corrected chi connectivity index (χ4v) is 12.2. The van der Waals surface area contributed by atoms with Gasteiger partial charge in [0, 0.05) is 47.5 Å². The van der Waals surface area contributed by atoms with Crippen LogP contribution in [0.4, 0.5) is 0 Å². The van der Waals surface area contributed by atoms with Crippen molar-refractivity contribution < 1.29 is 52.6 Å². The lowest BCUT2D eigenvalue weighted by Gasteiger charge is -2.62. The molecule has 7 aliphatic heterocycles. The van der Waals surface area contributed by atoms with E-state index < -0.39 is 41.0 Å². The first-order chi connectivity index (χ1) is 29.0. The van der Waals surface area contributed by atoms with Crippen molar-refractivity contribution in [2.75, 3.05) is 60.2 Å². The molecule has 7 atom stereocenters. The molecule has 0 saturated carbocycles. The molecule has 1 unspecified atom stereocenters. The molecule has 0 aromatic heterocycles. The summed E-state index contributed by atoms with van der Waals surface area (Å²) in [6.07, 6.45) is 3.53. The van der Waals surface area contributed by atoms with E-state index in [1.807, 2.05) is 33.0 Å². The van der Waals surface area contributed by atoms with Gasteiger partial charge in [0.1, 0.15) is 31.8 Å². The molecule has 10 rings (SSSR count). The molecule has 3 aromatic rings. The quantitative estimate of drug-likeness (QED) is 0.167. The zero-order valence-electron chi connectivity index (χ0n) is 34.8. The Kier molecular flexibility index (Phi) is 10.5. The van der Waals surface area contributed by atoms with E-state index in [1.165, 1.54) is 6.92 Å². The Morgan fingerprint density at radius 1 is 0.983 bits per heavy atom. The van der Waals surface area contributed by atoms with Crippen molar-refractivity contribution in [2.24, 2.45) is 0 Å². The van der Waals surface area contributed by atoms with Crippen LogP contribution in [0.15, 0.2) is 43.5 Å². The number of methoxy groups -OCH3 is 2. The summed E-state index contributed by atoms with van der Waals surface area (Å²) in [5.41, 5.74) is 5.27. The van der Waals surface area contributed by atoms with E-state index in [9.17, 15) is 14.7 Å². The van der Waals surface area contributed by atoms with Crippen LogP contribution in [0.5, 0.6) is 40.2 Å². The maximum atomic E-state index is 15.0. The fourth-order valence-electron chi connectivity index (χ4n) is 10.5. The lowest BCUT2D eigenvalue weighted by Crippen LogP contribution is -2.70. The lowest BCUT2D eigenvalue weighted by molar-refractivity contribution is -0.186. The molecule has 2 saturated heterocycles. The number of piperazine rings is 1. The van der Waals surface area contributed by atoms with Crippen molar-refractivity contribution >= 4 is 23.7 Å². The number of nitrogens with zero attached hydrogens (tertiary/aromatic N) is 2. The number of thioether (sulfide) groups is 1. The molecule has 7 heterocycles. The number of carbonyl (C=O) groups is 2. The van der Waals surface area contributed by atoms with Gasteiger partial charge in [-0.1, -0.05) is 31.4 Å². The Labute approximate surface area is 353 Å². The minimum absolute atomic E-state index is 0.0445. The molecule has 1 spiro atoms. The molecule has 60 heavy (non-hydrogen) atoms. The molecular formula is C45H51N3O11S. The molecule has 2 fully saturated rings. The van der Waals surface area contributed by atoms with Gasteiger partial charge in [-0.15, -0.1) is 11.8 Å². The predicted octanol–water partition coefficient (Wildman–Crippen LogP) is 5.13. The van der Waals surface area contributed by atoms with Gasteiger partial charge in [0.25, 0.3) is 0 Å². The zero-order chi connectivity index (χ0) is 42.2. The number of hydrogen-bond donors (Lipinski definition) is 2. The van der Waals surface area contributed by atoms with Crippen LogP contribution in [-0.4, -0.2) is 105 Å². The van der Waals surface area contributed by atoms with Crippen LogP contribution in [0.1, 0.15) is 68.8 Å². The fraction of sp³-hybridized carbons (Fsp3) is 0.467. The second kappa shape index (κ2) is 15.5. The van der Waals surface area contributed by atoms with Crippen LogP contribution >= 0.6 is 11.8 Å². The molecule has 0 aliphatic carbocycles. The first-order valence-electron chi connectivity index (χ1n) is 20.2. The smallest absolute Gasteiger partial charge is 0.331 e. The normalized spacial score (nSPS) is 27.4. The predicted molar refractivity (Wildman–Crippen MR) is 223 cm³/mol. The minimum Gasteiger partial charge on any atom is -0.493 e. The number of carbonyl (C=O) groups excluding carboxylic acids is 2. The maximum absolute atomic E-state index is 15.0. The Morgan fingerprint density at radius 2 is 1.75 bits per heavy atom. The second-order valence-electron chi connectivity index (χ2n) is 16.1. The van der Waals surface area contributed by atoms with Crippen molar-refractivity contribution in [1.82, 2.24) is 15.1 Å². The lowest BCUT2D eigenvalue weighted by atomic mass is 9.73. The summed E-state index contributed by atoms with van der Waals surface area (Å²) < 4.78 is 49.5. The molecular weight excluding hydrogens is 791 g/mol. The van der Waals surface area contributed by atoms with Crippen LogP contribution in [0.25, 0.3) is 0 Å². The Hall–Kier alpha value is -4.93. The summed E-state index contributed by atoms with van der Waals surface area (Å²) in [6, 6.07) is 3.96. The van der Waals surface area contributed by atoms with Gasteiger partial charge in [-0.3, -0.25) is 19.9 Å². The number of rotatable bonds is 9. The number of fused-ring (bicyclic) bond motifs is 9. The number of aryl methyl sites for hydroxylation is 1. The summed E-state index contributed by atoms with van der Waals surface area (Å²) in [5, 5.41) is 15.8. The van der Waals surface area contributed by atoms with Gasteiger partial charge in [0.2, 0.25) is 6.79 Å². The number of nitrogens with one attached hydrogen (secondary N) is 1. The summed E-state index contributed by atoms with van der Waals surface area (Å²) >= 11 is 1.54. The molecule has 2 N–H and O–H groups in total. The number of ether oxygens (including phenoxy) is 8. The maximum Gasteiger partial charge on any atom is 0.331 e. The molecule has 15 heteroatoms. The zero-order valence-corrected chi connectivity index (χ0v) is 35.6. The van der Waals surface area contributed by atoms with E-state index in [2.05, 4.69) is 34.3 Å². The molecule has 3 aromatic carbocycles. The highest BCUT2D eigenvalue weighted by molar-refractivity contribution is 7.99. The van der Waals surface area contributed by atoms with Gasteiger partial charge in [-0.05, 0) is 68.1 Å². The highest BCUT2D eigenvalue weighted by atomic mass is 32.2. The van der Waals surface area contributed by atoms with Crippen LogP contribution in [-0.2, 0) is 32.7 Å². The van der Waals surface area contributed by atoms with Crippen molar-refractivity contribution in [3.8, 4) is 40.2 Å². The van der Waals surface area contributed by atoms with Crippen molar-refractivity contribution in [3.63, 3.8) is 0 Å². The van der Waals surface area contributed by atoms with Crippen LogP contribution in [0.2, 0.25) is 0 Å². The monoisotopic (exact) mass is 841 g/mol. The Bertz CT molecular complexity index is 2300. The van der Waals surface area contributed by atoms with Gasteiger partial charge in [0.15, 0.2) is 40.0 Å². The summed E-state index contributed by atoms with van der Waals surface area (Å²) in [7, 11) is 5.25. The van der Waals surface area contributed by atoms with Crippen LogP contribution in [0.3, 0.4) is 0 Å². The van der Waals surface area contributed by atoms with Gasteiger partial charge < -0.3 is 43.0 Å². The molecule has 4 bridgehead atoms. The molecule has 0 amide bonds. The highest BCUT2D eigenvalue weighted by Crippen LogP contribution is 2.64. The van der Waals surface area contributed by atoms with E-state index in [0.29, 0.717) is 70.8 Å². The number of benzene rings is 3. The van der Waals surface area contributed by atoms with E-state index >= 15 is 0 Å². The summed E-state index contributed by atoms with van der Waals surface area (Å²) in [6.45, 7) is 13.8. The molecule has 14 nitrogen and oxygen atoms in total. The van der Waals surface area contributed by atoms with E-state index in [1.54, 1.807) is 38.1 Å². The third kappa shape index (κ3) is 5.98. The van der Waals surface area contributed by atoms with Crippen LogP contribution in [0, 0.1) is 13.8 Å². The number of likely N-dealkylation sites (N-methyl/N-ethyl adjacent to an activating group) is 1. The molecule has 0 radical (unpaired) electrons. The average Bonchev–Trinajstić information content (AvgIpc) is 3.73. The van der Waals surface area contributed by atoms with Crippen molar-refractivity contribution in [2.45, 2.75) is 74.8 Å². The van der Waals surface area contributed by atoms with Crippen LogP contribution < -0.4 is 38.5 Å². The second-order valence-corrected chi connectivity index (χ2v) is 17.2. The summed E-state index contributed by atoms with van der Waals surface area (Å²) in [5.74, 6) is 2.82. The van der Waals surface area contributed by atoms with E-state index in [0.717, 1.165) is 33.4 Å². The minimum atomic E-state index is -1.32. The standard InChI is InChI=1S/C45H51N3O11S/c1-9-13-54-31-17-25-11-12-46-45(27(25)18-30(31)52-7)20-60-42-34-33(41-39(57-21-58-41)23(4)38(34)59-24(5)49)29(19-56-44(45)51)48-36(42)35-32-26(16-28(43(48)50)47(35)6)15-22(3)37(53-8)40(32)55-14-10-2/h9-10,15,17-18,28-29,35-36,42-43,46,50H,1-2,11-14,16,19-21H2,3-8H3/t28-,29+,35+,36?,42+,43-,45+/m0/s1. The number of aliphatic hydroxyl groups excluding tert-OH is 1. The SMILES string of the molecule is C=CCOc1cc2c(cc1OC)[C@@]1(CS[C@@H]3c4c(OC(C)=O)c(C)c5c(c4[C@@H](COC1=O)N1C3[C@H]3c4c(cc(C)c(OC)c4OCC=C)C[C@@H]([C@@H]1O)N3C)OCO5)NCC2. The topological polar surface area (TPSA) is 147 Å². The first kappa shape index (κ1) is 40.5. The Morgan fingerprint density at radius 3 is 2.48 bits per heavy atom. The number of esters is 2. The van der Waals surface area contributed by atoms with E-state index in [4.69, 9.17) is 37.9 Å². The van der Waals surface area contributed by atoms with Gasteiger partial charge >= 0.3 is 11.9 Å². The van der Waals surface area contributed by atoms with Gasteiger partial charge in [0.05, 0.1) is 37.6 Å². The summed E-state index contributed by atoms with van der Waals surface area (Å²) in [4.78, 5) is 32.4. The van der Waals surface area contributed by atoms with Crippen molar-refractivity contribution in [3.05, 3.63) is 88.0 Å². The number of aliphatic hydroxyl groups is 1. The molecule has 7 aliphatic rings. The third-order valence-corrected chi connectivity index (χ3v) is 14.4. The van der Waals surface area contributed by atoms with E-state index in [-0.39, 0.29) is 44.5 Å². The highest BCUT2D eigenvalue weighted by Gasteiger charge is 2.61. The third-order valence-electron chi connectivity index (χ3n) is 12.9. The van der Waals surface area contributed by atoms with Crippen molar-refractivity contribution in [1.29, 1.82) is 0 Å². The van der Waals surface area contributed by atoms with Gasteiger partial charge in [-0.25, -0.2) is 4.79 Å². The Balaban J connectivity index is 1.30. The average molecular weight is 842 g/mol. The molecule has 318 valence electrons.